The van der Waals surface area contributed by atoms with Crippen LogP contribution in [0.4, 0.5) is 5.69 Å². The second-order valence-corrected chi connectivity index (χ2v) is 5.96. The third-order valence-electron chi connectivity index (χ3n) is 3.22. The average Bonchev–Trinajstić information content (AvgIpc) is 2.63. The van der Waals surface area contributed by atoms with E-state index in [4.69, 9.17) is 27.9 Å². The third kappa shape index (κ3) is 5.65. The summed E-state index contributed by atoms with van der Waals surface area (Å²) < 4.78 is 5.20. The smallest absolute Gasteiger partial charge is 0.328 e. The minimum atomic E-state index is -1.04. The Kier molecular flexibility index (Phi) is 6.82. The molecule has 9 heteroatoms. The van der Waals surface area contributed by atoms with E-state index in [2.05, 4.69) is 10.7 Å². The first-order valence-electron chi connectivity index (χ1n) is 7.40. The van der Waals surface area contributed by atoms with Crippen molar-refractivity contribution in [2.45, 2.75) is 6.92 Å². The second kappa shape index (κ2) is 9.07. The summed E-state index contributed by atoms with van der Waals surface area (Å²) in [5, 5.41) is 3.40. The molecule has 0 aliphatic heterocycles. The molecule has 0 aliphatic rings. The van der Waals surface area contributed by atoms with Gasteiger partial charge < -0.3 is 10.1 Å². The summed E-state index contributed by atoms with van der Waals surface area (Å²) in [5.74, 6) is -2.19. The number of hydrazine groups is 1. The molecule has 7 nitrogen and oxygen atoms in total. The van der Waals surface area contributed by atoms with E-state index < -0.39 is 17.7 Å². The van der Waals surface area contributed by atoms with Crippen LogP contribution in [-0.2, 0) is 14.4 Å². The molecule has 136 valence electrons. The summed E-state index contributed by atoms with van der Waals surface area (Å²) in [6.45, 7) is 1.35. The SMILES string of the molecule is Cc1c(Cl)cccc1NC(=O)C(=O)NNC(=O)COc1ccc(Cl)cc1. The van der Waals surface area contributed by atoms with Gasteiger partial charge in [-0.25, -0.2) is 0 Å². The van der Waals surface area contributed by atoms with Gasteiger partial charge in [0.25, 0.3) is 5.91 Å². The van der Waals surface area contributed by atoms with E-state index >= 15 is 0 Å². The van der Waals surface area contributed by atoms with Crippen molar-refractivity contribution in [2.75, 3.05) is 11.9 Å². The highest BCUT2D eigenvalue weighted by atomic mass is 35.5. The molecule has 26 heavy (non-hydrogen) atoms. The molecular weight excluding hydrogens is 381 g/mol. The number of carbonyl (C=O) groups excluding carboxylic acids is 3. The molecule has 0 unspecified atom stereocenters. The lowest BCUT2D eigenvalue weighted by Crippen LogP contribution is -2.48. The number of carbonyl (C=O) groups is 3. The summed E-state index contributed by atoms with van der Waals surface area (Å²) >= 11 is 11.7. The molecule has 0 spiro atoms. The number of benzene rings is 2. The van der Waals surface area contributed by atoms with Gasteiger partial charge in [-0.15, -0.1) is 0 Å². The molecule has 0 atom stereocenters. The first kappa shape index (κ1) is 19.6. The molecule has 2 aromatic rings. The van der Waals surface area contributed by atoms with E-state index in [0.29, 0.717) is 27.0 Å². The highest BCUT2D eigenvalue weighted by Gasteiger charge is 2.16. The fourth-order valence-corrected chi connectivity index (χ4v) is 2.12. The Hall–Kier alpha value is -2.77. The molecule has 0 radical (unpaired) electrons. The average molecular weight is 396 g/mol. The zero-order valence-corrected chi connectivity index (χ0v) is 15.1. The molecule has 0 fully saturated rings. The molecule has 2 aromatic carbocycles. The summed E-state index contributed by atoms with van der Waals surface area (Å²) in [5.41, 5.74) is 5.10. The molecule has 0 aliphatic carbocycles. The van der Waals surface area contributed by atoms with Crippen molar-refractivity contribution in [3.05, 3.63) is 58.1 Å². The molecule has 0 saturated heterocycles. The lowest BCUT2D eigenvalue weighted by molar-refractivity contribution is -0.138. The number of halogens is 2. The Morgan fingerprint density at radius 1 is 0.962 bits per heavy atom. The van der Waals surface area contributed by atoms with E-state index in [9.17, 15) is 14.4 Å². The predicted octanol–water partition coefficient (Wildman–Crippen LogP) is 2.47. The van der Waals surface area contributed by atoms with Crippen LogP contribution in [0.25, 0.3) is 0 Å². The molecule has 2 rings (SSSR count). The third-order valence-corrected chi connectivity index (χ3v) is 3.88. The molecule has 0 aromatic heterocycles. The zero-order chi connectivity index (χ0) is 19.1. The quantitative estimate of drug-likeness (QED) is 0.547. The number of amides is 3. The Labute approximate surface area is 159 Å². The van der Waals surface area contributed by atoms with E-state index in [1.807, 2.05) is 5.43 Å². The van der Waals surface area contributed by atoms with Crippen molar-refractivity contribution >= 4 is 46.6 Å². The molecule has 0 heterocycles. The van der Waals surface area contributed by atoms with Crippen LogP contribution in [0.15, 0.2) is 42.5 Å². The summed E-state index contributed by atoms with van der Waals surface area (Å²) in [6.07, 6.45) is 0. The van der Waals surface area contributed by atoms with Gasteiger partial charge in [0.2, 0.25) is 0 Å². The molecular formula is C17H15Cl2N3O4. The lowest BCUT2D eigenvalue weighted by Gasteiger charge is -2.11. The highest BCUT2D eigenvalue weighted by Crippen LogP contribution is 2.22. The van der Waals surface area contributed by atoms with Crippen LogP contribution in [0.5, 0.6) is 5.75 Å². The van der Waals surface area contributed by atoms with Gasteiger partial charge >= 0.3 is 11.8 Å². The van der Waals surface area contributed by atoms with Gasteiger partial charge in [-0.05, 0) is 48.9 Å². The maximum absolute atomic E-state index is 11.8. The number of anilines is 1. The predicted molar refractivity (Wildman–Crippen MR) is 98.1 cm³/mol. The molecule has 0 saturated carbocycles. The Bertz CT molecular complexity index is 825. The van der Waals surface area contributed by atoms with Gasteiger partial charge in [0.1, 0.15) is 5.75 Å². The zero-order valence-electron chi connectivity index (χ0n) is 13.6. The number of nitrogens with one attached hydrogen (secondary N) is 3. The van der Waals surface area contributed by atoms with Crippen molar-refractivity contribution < 1.29 is 19.1 Å². The number of ether oxygens (including phenoxy) is 1. The maximum Gasteiger partial charge on any atom is 0.328 e. The monoisotopic (exact) mass is 395 g/mol. The number of rotatable bonds is 4. The topological polar surface area (TPSA) is 96.5 Å². The lowest BCUT2D eigenvalue weighted by atomic mass is 10.2. The molecule has 3 N–H and O–H groups in total. The minimum Gasteiger partial charge on any atom is -0.484 e. The Morgan fingerprint density at radius 3 is 2.35 bits per heavy atom. The van der Waals surface area contributed by atoms with Crippen LogP contribution in [0.2, 0.25) is 10.0 Å². The normalized spacial score (nSPS) is 9.96. The van der Waals surface area contributed by atoms with E-state index in [1.54, 1.807) is 49.4 Å². The van der Waals surface area contributed by atoms with Crippen LogP contribution >= 0.6 is 23.2 Å². The second-order valence-electron chi connectivity index (χ2n) is 5.11. The standard InChI is InChI=1S/C17H15Cl2N3O4/c1-10-13(19)3-2-4-14(10)20-16(24)17(25)22-21-15(23)9-26-12-7-5-11(18)6-8-12/h2-8H,9H2,1H3,(H,20,24)(H,21,23)(H,22,25). The fourth-order valence-electron chi connectivity index (χ4n) is 1.82. The Balaban J connectivity index is 1.78. The van der Waals surface area contributed by atoms with Crippen molar-refractivity contribution in [1.29, 1.82) is 0 Å². The molecule has 3 amide bonds. The van der Waals surface area contributed by atoms with Gasteiger partial charge in [0.15, 0.2) is 6.61 Å². The van der Waals surface area contributed by atoms with Crippen molar-refractivity contribution in [2.24, 2.45) is 0 Å². The fraction of sp³-hybridized carbons (Fsp3) is 0.118. The largest absolute Gasteiger partial charge is 0.484 e. The van der Waals surface area contributed by atoms with Gasteiger partial charge in [-0.2, -0.15) is 0 Å². The summed E-state index contributed by atoms with van der Waals surface area (Å²) in [6, 6.07) is 11.3. The Morgan fingerprint density at radius 2 is 1.65 bits per heavy atom. The van der Waals surface area contributed by atoms with E-state index in [-0.39, 0.29) is 6.61 Å². The molecule has 0 bridgehead atoms. The van der Waals surface area contributed by atoms with Gasteiger partial charge in [-0.3, -0.25) is 25.2 Å². The van der Waals surface area contributed by atoms with Crippen LogP contribution < -0.4 is 20.9 Å². The van der Waals surface area contributed by atoms with Crippen LogP contribution in [0.3, 0.4) is 0 Å². The first-order valence-corrected chi connectivity index (χ1v) is 8.16. The van der Waals surface area contributed by atoms with Crippen molar-refractivity contribution in [3.8, 4) is 5.75 Å². The number of hydrogen-bond acceptors (Lipinski definition) is 4. The van der Waals surface area contributed by atoms with Crippen LogP contribution in [-0.4, -0.2) is 24.3 Å². The van der Waals surface area contributed by atoms with Crippen LogP contribution in [0.1, 0.15) is 5.56 Å². The first-order chi connectivity index (χ1) is 12.4. The summed E-state index contributed by atoms with van der Waals surface area (Å²) in [7, 11) is 0. The van der Waals surface area contributed by atoms with Gasteiger partial charge in [-0.1, -0.05) is 29.3 Å². The van der Waals surface area contributed by atoms with Crippen molar-refractivity contribution in [3.63, 3.8) is 0 Å². The van der Waals surface area contributed by atoms with Gasteiger partial charge in [0.05, 0.1) is 0 Å². The van der Waals surface area contributed by atoms with E-state index in [1.165, 1.54) is 0 Å². The van der Waals surface area contributed by atoms with Crippen molar-refractivity contribution in [1.82, 2.24) is 10.9 Å². The van der Waals surface area contributed by atoms with Crippen LogP contribution in [0, 0.1) is 6.92 Å². The minimum absolute atomic E-state index is 0.350. The number of hydrogen-bond donors (Lipinski definition) is 3. The van der Waals surface area contributed by atoms with E-state index in [0.717, 1.165) is 0 Å². The summed E-state index contributed by atoms with van der Waals surface area (Å²) in [4.78, 5) is 35.2. The maximum atomic E-state index is 11.8. The highest BCUT2D eigenvalue weighted by molar-refractivity contribution is 6.40. The van der Waals surface area contributed by atoms with Gasteiger partial charge in [0, 0.05) is 15.7 Å².